The number of phenolic OH excluding ortho intramolecular Hbond substituents is 1. The highest BCUT2D eigenvalue weighted by Gasteiger charge is 2.41. The Hall–Kier alpha value is -7.97. The molecular weight excluding hydrogens is 1600 g/mol. The maximum absolute atomic E-state index is 11.6. The molecule has 7 aliphatic rings. The lowest BCUT2D eigenvalue weighted by Crippen LogP contribution is -2.52. The second-order valence-electron chi connectivity index (χ2n) is 35.2. The highest BCUT2D eigenvalue weighted by atomic mass is 35.5. The van der Waals surface area contributed by atoms with Crippen molar-refractivity contribution in [3.05, 3.63) is 178 Å². The van der Waals surface area contributed by atoms with Crippen LogP contribution in [0.1, 0.15) is 261 Å². The number of aromatic nitrogens is 5. The first-order valence-electron chi connectivity index (χ1n) is 45.0. The van der Waals surface area contributed by atoms with Crippen LogP contribution < -0.4 is 18.9 Å². The molecule has 5 saturated carbocycles. The van der Waals surface area contributed by atoms with E-state index in [0.717, 1.165) is 233 Å². The topological polar surface area (TPSA) is 223 Å². The summed E-state index contributed by atoms with van der Waals surface area (Å²) in [6.07, 6.45) is 46.5. The van der Waals surface area contributed by atoms with E-state index >= 15 is 0 Å². The Bertz CT molecular complexity index is 5120. The van der Waals surface area contributed by atoms with E-state index < -0.39 is 16.1 Å². The van der Waals surface area contributed by atoms with E-state index in [4.69, 9.17) is 62.9 Å². The predicted molar refractivity (Wildman–Crippen MR) is 491 cm³/mol. The molecule has 7 fully saturated rings. The lowest BCUT2D eigenvalue weighted by molar-refractivity contribution is -0.146. The highest BCUT2D eigenvalue weighted by Crippen LogP contribution is 2.43. The number of rotatable bonds is 19. The molecule has 5 aromatic carbocycles. The number of halogens is 3. The number of hydrogen-bond acceptors (Lipinski definition) is 16. The SMILES string of the molecule is CCC1CCC(OS(C)(=O)=O)CC1.CCC1CCC(Oc2ccc3cc(C)ncc3c2)CC1.CCC1CCC(Oc2ccc3cc(C)ncc3c2Cl)CC1.CCC1CCC(Oc2ccc3cc(C=O)ncc3c2Cl)CC1.CCC1CCC(Oc2ccc3cc(CN4C5CCCC4CC(C(=O)O)C5)ncc3c2Cl)CC1.Cc1cc2ccc(O)cc2cn1. The number of fused-ring (bicyclic) bond motifs is 7. The van der Waals surface area contributed by atoms with E-state index in [1.165, 1.54) is 108 Å². The van der Waals surface area contributed by atoms with Gasteiger partial charge in [-0.3, -0.25) is 43.6 Å². The first-order valence-corrected chi connectivity index (χ1v) is 48.0. The first-order chi connectivity index (χ1) is 58.4. The van der Waals surface area contributed by atoms with Gasteiger partial charge in [0.2, 0.25) is 0 Å². The summed E-state index contributed by atoms with van der Waals surface area (Å²) >= 11 is 19.7. The zero-order valence-electron chi connectivity index (χ0n) is 72.5. The van der Waals surface area contributed by atoms with Gasteiger partial charge in [0.1, 0.15) is 34.4 Å². The van der Waals surface area contributed by atoms with E-state index in [1.807, 2.05) is 75.8 Å². The molecule has 7 heterocycles. The number of nitrogens with zero attached hydrogens (tertiary/aromatic N) is 6. The van der Waals surface area contributed by atoms with Gasteiger partial charge in [0, 0.05) is 93.6 Å². The Morgan fingerprint density at radius 2 is 0.793 bits per heavy atom. The van der Waals surface area contributed by atoms with E-state index in [2.05, 4.69) is 108 Å². The summed E-state index contributed by atoms with van der Waals surface area (Å²) < 4.78 is 51.3. The molecule has 5 aromatic heterocycles. The van der Waals surface area contributed by atoms with Gasteiger partial charge < -0.3 is 29.2 Å². The molecule has 2 aliphatic heterocycles. The van der Waals surface area contributed by atoms with Crippen LogP contribution in [0.5, 0.6) is 28.7 Å². The Kier molecular flexibility index (Phi) is 34.0. The highest BCUT2D eigenvalue weighted by molar-refractivity contribution is 7.86. The Labute approximate surface area is 732 Å². The summed E-state index contributed by atoms with van der Waals surface area (Å²) in [6.45, 7) is 18.0. The number of carbonyl (C=O) groups excluding carboxylic acids is 1. The Morgan fingerprint density at radius 3 is 1.21 bits per heavy atom. The van der Waals surface area contributed by atoms with Crippen molar-refractivity contribution in [1.29, 1.82) is 0 Å². The first kappa shape index (κ1) is 92.2. The number of aliphatic carboxylic acids is 1. The molecule has 0 spiro atoms. The van der Waals surface area contributed by atoms with E-state index in [9.17, 15) is 28.2 Å². The van der Waals surface area contributed by atoms with Crippen LogP contribution in [0, 0.1) is 56.3 Å². The molecule has 2 N–H and O–H groups in total. The lowest BCUT2D eigenvalue weighted by Gasteiger charge is -2.48. The number of piperidine rings is 2. The predicted octanol–water partition coefficient (Wildman–Crippen LogP) is 26.1. The van der Waals surface area contributed by atoms with Gasteiger partial charge in [0.05, 0.1) is 63.5 Å². The maximum atomic E-state index is 11.6. The minimum atomic E-state index is -3.25. The van der Waals surface area contributed by atoms with Crippen LogP contribution in [0.2, 0.25) is 15.1 Å². The lowest BCUT2D eigenvalue weighted by atomic mass is 9.78. The molecule has 2 saturated heterocycles. The second-order valence-corrected chi connectivity index (χ2v) is 37.9. The van der Waals surface area contributed by atoms with Crippen molar-refractivity contribution >= 4 is 111 Å². The fourth-order valence-corrected chi connectivity index (χ4v) is 20.5. The van der Waals surface area contributed by atoms with Crippen LogP contribution in [0.4, 0.5) is 0 Å². The van der Waals surface area contributed by atoms with Crippen LogP contribution >= 0.6 is 34.8 Å². The van der Waals surface area contributed by atoms with Crippen LogP contribution in [0.3, 0.4) is 0 Å². The number of ether oxygens (including phenoxy) is 4. The van der Waals surface area contributed by atoms with Gasteiger partial charge in [-0.1, -0.05) is 138 Å². The molecule has 2 atom stereocenters. The molecule has 2 unspecified atom stereocenters. The molecular formula is C100H127Cl3N6O11S. The summed E-state index contributed by atoms with van der Waals surface area (Å²) in [5, 5.41) is 30.9. The number of phenols is 1. The Morgan fingerprint density at radius 1 is 0.430 bits per heavy atom. The quantitative estimate of drug-likeness (QED) is 0.0567. The molecule has 17 rings (SSSR count). The summed E-state index contributed by atoms with van der Waals surface area (Å²) in [5.41, 5.74) is 4.49. The smallest absolute Gasteiger partial charge is 0.306 e. The van der Waals surface area contributed by atoms with Gasteiger partial charge in [-0.2, -0.15) is 8.42 Å². The zero-order valence-corrected chi connectivity index (χ0v) is 75.6. The van der Waals surface area contributed by atoms with Gasteiger partial charge >= 0.3 is 5.97 Å². The average molecular weight is 1730 g/mol. The van der Waals surface area contributed by atoms with Crippen molar-refractivity contribution < 1.29 is 51.4 Å². The number of aromatic hydroxyl groups is 1. The molecule has 0 radical (unpaired) electrons. The van der Waals surface area contributed by atoms with Crippen molar-refractivity contribution in [2.24, 2.45) is 35.5 Å². The Balaban J connectivity index is 0.000000137. The molecule has 10 aromatic rings. The fourth-order valence-electron chi connectivity index (χ4n) is 19.0. The van der Waals surface area contributed by atoms with Gasteiger partial charge in [-0.05, 0) is 304 Å². The van der Waals surface area contributed by atoms with Crippen molar-refractivity contribution in [3.8, 4) is 28.7 Å². The van der Waals surface area contributed by atoms with Crippen molar-refractivity contribution in [3.63, 3.8) is 0 Å². The minimum absolute atomic E-state index is 0.0576. The van der Waals surface area contributed by atoms with Gasteiger partial charge in [0.15, 0.2) is 6.29 Å². The van der Waals surface area contributed by atoms with Crippen LogP contribution in [-0.4, -0.2) is 110 Å². The third kappa shape index (κ3) is 26.3. The van der Waals surface area contributed by atoms with Crippen molar-refractivity contribution in [2.75, 3.05) is 6.26 Å². The minimum Gasteiger partial charge on any atom is -0.508 e. The third-order valence-electron chi connectivity index (χ3n) is 26.6. The van der Waals surface area contributed by atoms with Gasteiger partial charge in [0.25, 0.3) is 10.1 Å². The average Bonchev–Trinajstić information content (AvgIpc) is 0.796. The third-order valence-corrected chi connectivity index (χ3v) is 28.4. The molecule has 0 amide bonds. The van der Waals surface area contributed by atoms with Crippen molar-refractivity contribution in [1.82, 2.24) is 29.8 Å². The summed E-state index contributed by atoms with van der Waals surface area (Å²) in [6, 6.07) is 34.4. The summed E-state index contributed by atoms with van der Waals surface area (Å²) in [5.74, 6) is 6.98. The van der Waals surface area contributed by atoms with E-state index in [-0.39, 0.29) is 30.0 Å². The number of hydrogen-bond donors (Lipinski definition) is 2. The standard InChI is InChI=1S/C27H35ClN2O3.C18H20ClNO2.C18H22ClNO.C18H23NO.C10H9NO.C9H18O3S/c1-2-17-6-9-23(10-7-17)33-25-11-8-18-12-20(29-15-24(18)26(25)28)16-30-21-4-3-5-22(30)14-19(13-21)27(31)32;1-2-12-3-6-15(7-4-12)22-17-8-5-13-9-14(11-21)20-10-16(13)18(17)19;1-3-13-4-7-15(8-5-13)21-17-9-6-14-10-12(2)20-11-16(14)18(17)19;1-3-14-4-7-17(8-5-14)20-18-9-6-15-10-13(2)19-12-16(15)11-18;1-7-4-8-2-3-10(12)5-9(8)6-11-7;1-3-8-4-6-9(7-5-8)12-13(2,10)11/h8,11-12,15,17,19,21-23H,2-7,9-10,13-14,16H2,1H3,(H,31,32);5,8-12,15H,2-4,6-7H2,1H3;6,9-11,13,15H,3-5,7-8H2,1-2H3;6,9-12,14,17H,3-5,7-8H2,1-2H3;2-6,12H,1H3;8-9H,3-7H2,1-2H3. The number of aldehydes is 1. The molecule has 650 valence electrons. The van der Waals surface area contributed by atoms with Gasteiger partial charge in [-0.15, -0.1) is 0 Å². The molecule has 121 heavy (non-hydrogen) atoms. The van der Waals surface area contributed by atoms with E-state index in [1.54, 1.807) is 30.6 Å². The molecule has 21 heteroatoms. The van der Waals surface area contributed by atoms with Crippen LogP contribution in [0.25, 0.3) is 53.9 Å². The largest absolute Gasteiger partial charge is 0.508 e. The summed E-state index contributed by atoms with van der Waals surface area (Å²) in [7, 11) is -3.25. The number of carboxylic acids is 1. The number of pyridine rings is 5. The van der Waals surface area contributed by atoms with E-state index in [0.29, 0.717) is 45.1 Å². The molecule has 2 bridgehead atoms. The number of aryl methyl sites for hydroxylation is 3. The zero-order chi connectivity index (χ0) is 85.7. The van der Waals surface area contributed by atoms with Crippen LogP contribution in [-0.2, 0) is 25.6 Å². The fraction of sp³-hybridized carbons (Fsp3) is 0.530. The van der Waals surface area contributed by atoms with Gasteiger partial charge in [-0.25, -0.2) is 0 Å². The summed E-state index contributed by atoms with van der Waals surface area (Å²) in [4.78, 5) is 46.5. The normalized spacial score (nSPS) is 24.2. The number of benzene rings is 5. The van der Waals surface area contributed by atoms with Crippen LogP contribution in [0.15, 0.2) is 134 Å². The maximum Gasteiger partial charge on any atom is 0.306 e. The number of carboxylic acid groups (broad SMARTS) is 1. The van der Waals surface area contributed by atoms with Crippen molar-refractivity contribution in [2.45, 2.75) is 297 Å². The molecule has 17 nitrogen and oxygen atoms in total. The number of carbonyl (C=O) groups is 2. The molecule has 5 aliphatic carbocycles. The second kappa shape index (κ2) is 44.6. The monoisotopic (exact) mass is 1720 g/mol.